The predicted octanol–water partition coefficient (Wildman–Crippen LogP) is 6.00. The number of methoxy groups -OCH3 is 3. The van der Waals surface area contributed by atoms with E-state index in [0.29, 0.717) is 35.7 Å². The molecule has 0 radical (unpaired) electrons. The molecular weight excluding hydrogens is 458 g/mol. The van der Waals surface area contributed by atoms with E-state index in [9.17, 15) is 8.78 Å². The summed E-state index contributed by atoms with van der Waals surface area (Å²) in [5, 5.41) is 1.94. The van der Waals surface area contributed by atoms with Gasteiger partial charge in [-0.2, -0.15) is 0 Å². The SMILES string of the molecule is COc1ccc(-c2csc(=Nc3ccc(F)cc3)n2CCc2ccc(OC)c(OC)c2)cc1F. The number of hydrogen-bond acceptors (Lipinski definition) is 5. The molecule has 0 saturated carbocycles. The van der Waals surface area contributed by atoms with Gasteiger partial charge in [0, 0.05) is 17.5 Å². The first-order valence-electron chi connectivity index (χ1n) is 10.6. The number of hydrogen-bond donors (Lipinski definition) is 0. The van der Waals surface area contributed by atoms with Crippen molar-refractivity contribution in [1.29, 1.82) is 0 Å². The lowest BCUT2D eigenvalue weighted by molar-refractivity contribution is 0.354. The zero-order valence-corrected chi connectivity index (χ0v) is 19.9. The van der Waals surface area contributed by atoms with Crippen LogP contribution in [0.1, 0.15) is 5.56 Å². The van der Waals surface area contributed by atoms with Crippen LogP contribution in [0.25, 0.3) is 11.3 Å². The Balaban J connectivity index is 1.74. The molecule has 5 nitrogen and oxygen atoms in total. The van der Waals surface area contributed by atoms with Crippen molar-refractivity contribution in [3.63, 3.8) is 0 Å². The minimum absolute atomic E-state index is 0.187. The molecule has 0 aliphatic heterocycles. The number of aryl methyl sites for hydroxylation is 1. The summed E-state index contributed by atoms with van der Waals surface area (Å²) in [6.07, 6.45) is 0.680. The van der Waals surface area contributed by atoms with Crippen LogP contribution in [-0.4, -0.2) is 25.9 Å². The Morgan fingerprint density at radius 2 is 1.53 bits per heavy atom. The van der Waals surface area contributed by atoms with Gasteiger partial charge in [-0.25, -0.2) is 13.8 Å². The van der Waals surface area contributed by atoms with Gasteiger partial charge in [0.25, 0.3) is 0 Å². The molecule has 34 heavy (non-hydrogen) atoms. The lowest BCUT2D eigenvalue weighted by Gasteiger charge is -2.12. The van der Waals surface area contributed by atoms with Crippen LogP contribution in [-0.2, 0) is 13.0 Å². The van der Waals surface area contributed by atoms with Gasteiger partial charge >= 0.3 is 0 Å². The molecule has 0 fully saturated rings. The molecule has 176 valence electrons. The monoisotopic (exact) mass is 482 g/mol. The van der Waals surface area contributed by atoms with Crippen LogP contribution in [0.15, 0.2) is 71.0 Å². The maximum Gasteiger partial charge on any atom is 0.190 e. The van der Waals surface area contributed by atoms with E-state index >= 15 is 0 Å². The van der Waals surface area contributed by atoms with Crippen molar-refractivity contribution in [1.82, 2.24) is 4.57 Å². The molecule has 0 bridgehead atoms. The zero-order valence-electron chi connectivity index (χ0n) is 19.0. The minimum Gasteiger partial charge on any atom is -0.494 e. The van der Waals surface area contributed by atoms with Gasteiger partial charge < -0.3 is 18.8 Å². The first-order chi connectivity index (χ1) is 16.5. The van der Waals surface area contributed by atoms with Crippen LogP contribution in [0.5, 0.6) is 17.2 Å². The molecule has 0 unspecified atom stereocenters. The molecule has 0 aliphatic rings. The third kappa shape index (κ3) is 5.12. The number of rotatable bonds is 8. The van der Waals surface area contributed by atoms with Crippen molar-refractivity contribution >= 4 is 17.0 Å². The largest absolute Gasteiger partial charge is 0.494 e. The molecule has 0 amide bonds. The summed E-state index contributed by atoms with van der Waals surface area (Å²) in [7, 11) is 4.64. The molecule has 0 saturated heterocycles. The Morgan fingerprint density at radius 1 is 0.824 bits per heavy atom. The molecule has 0 spiro atoms. The Labute approximate surface area is 200 Å². The average molecular weight is 483 g/mol. The van der Waals surface area contributed by atoms with Crippen LogP contribution in [0.3, 0.4) is 0 Å². The molecule has 0 atom stereocenters. The summed E-state index contributed by atoms with van der Waals surface area (Å²) < 4.78 is 45.6. The van der Waals surface area contributed by atoms with Gasteiger partial charge in [0.2, 0.25) is 0 Å². The first-order valence-corrected chi connectivity index (χ1v) is 11.4. The van der Waals surface area contributed by atoms with Crippen molar-refractivity contribution < 1.29 is 23.0 Å². The average Bonchev–Trinajstić information content (AvgIpc) is 3.26. The second-order valence-electron chi connectivity index (χ2n) is 7.43. The van der Waals surface area contributed by atoms with E-state index in [-0.39, 0.29) is 11.6 Å². The Hall–Kier alpha value is -3.65. The zero-order chi connectivity index (χ0) is 24.1. The number of nitrogens with zero attached hydrogens (tertiary/aromatic N) is 2. The van der Waals surface area contributed by atoms with E-state index in [1.165, 1.54) is 36.6 Å². The molecule has 0 N–H and O–H groups in total. The summed E-state index contributed by atoms with van der Waals surface area (Å²) in [6, 6.07) is 16.7. The van der Waals surface area contributed by atoms with Gasteiger partial charge in [0.05, 0.1) is 32.7 Å². The molecular formula is C26H24F2N2O3S. The molecule has 1 heterocycles. The van der Waals surface area contributed by atoms with Crippen molar-refractivity contribution in [3.05, 3.63) is 88.0 Å². The van der Waals surface area contributed by atoms with Crippen LogP contribution < -0.4 is 19.0 Å². The highest BCUT2D eigenvalue weighted by Gasteiger charge is 2.13. The van der Waals surface area contributed by atoms with Gasteiger partial charge in [-0.3, -0.25) is 0 Å². The van der Waals surface area contributed by atoms with E-state index in [1.54, 1.807) is 32.4 Å². The van der Waals surface area contributed by atoms with Gasteiger partial charge in [0.15, 0.2) is 27.9 Å². The Bertz CT molecular complexity index is 1350. The minimum atomic E-state index is -0.435. The van der Waals surface area contributed by atoms with Crippen molar-refractivity contribution in [2.45, 2.75) is 13.0 Å². The smallest absolute Gasteiger partial charge is 0.190 e. The van der Waals surface area contributed by atoms with Crippen molar-refractivity contribution in [2.24, 2.45) is 4.99 Å². The molecule has 4 rings (SSSR count). The summed E-state index contributed by atoms with van der Waals surface area (Å²) in [4.78, 5) is 5.43. The molecule has 3 aromatic carbocycles. The lowest BCUT2D eigenvalue weighted by Crippen LogP contribution is -2.17. The third-order valence-corrected chi connectivity index (χ3v) is 6.23. The maximum absolute atomic E-state index is 14.4. The van der Waals surface area contributed by atoms with Gasteiger partial charge in [0.1, 0.15) is 5.82 Å². The Morgan fingerprint density at radius 3 is 2.21 bits per heavy atom. The van der Waals surface area contributed by atoms with E-state index < -0.39 is 5.82 Å². The highest BCUT2D eigenvalue weighted by Crippen LogP contribution is 2.29. The van der Waals surface area contributed by atoms with Gasteiger partial charge in [-0.05, 0) is 66.6 Å². The first kappa shape index (κ1) is 23.5. The maximum atomic E-state index is 14.4. The molecule has 1 aromatic heterocycles. The fraction of sp³-hybridized carbons (Fsp3) is 0.192. The van der Waals surface area contributed by atoms with Gasteiger partial charge in [-0.1, -0.05) is 6.07 Å². The van der Waals surface area contributed by atoms with E-state index in [0.717, 1.165) is 16.1 Å². The number of benzene rings is 3. The van der Waals surface area contributed by atoms with E-state index in [4.69, 9.17) is 19.2 Å². The highest BCUT2D eigenvalue weighted by atomic mass is 32.1. The molecule has 8 heteroatoms. The fourth-order valence-corrected chi connectivity index (χ4v) is 4.55. The quantitative estimate of drug-likeness (QED) is 0.310. The second kappa shape index (κ2) is 10.5. The highest BCUT2D eigenvalue weighted by molar-refractivity contribution is 7.07. The second-order valence-corrected chi connectivity index (χ2v) is 8.27. The molecule has 0 aliphatic carbocycles. The summed E-state index contributed by atoms with van der Waals surface area (Å²) in [5.41, 5.74) is 3.22. The van der Waals surface area contributed by atoms with Crippen LogP contribution in [0, 0.1) is 11.6 Å². The van der Waals surface area contributed by atoms with E-state index in [1.807, 2.05) is 34.2 Å². The van der Waals surface area contributed by atoms with Crippen molar-refractivity contribution in [2.75, 3.05) is 21.3 Å². The summed E-state index contributed by atoms with van der Waals surface area (Å²) >= 11 is 1.44. The molecule has 4 aromatic rings. The standard InChI is InChI=1S/C26H24F2N2O3S/c1-31-23-11-5-18(15-21(23)28)22-16-34-26(29-20-8-6-19(27)7-9-20)30(22)13-12-17-4-10-24(32-2)25(14-17)33-3/h4-11,14-16H,12-13H2,1-3H3. The predicted molar refractivity (Wildman–Crippen MR) is 129 cm³/mol. The van der Waals surface area contributed by atoms with Crippen LogP contribution in [0.2, 0.25) is 0 Å². The van der Waals surface area contributed by atoms with E-state index in [2.05, 4.69) is 0 Å². The number of ether oxygens (including phenoxy) is 3. The number of halogens is 2. The van der Waals surface area contributed by atoms with Crippen molar-refractivity contribution in [3.8, 4) is 28.5 Å². The number of thiazole rings is 1. The fourth-order valence-electron chi connectivity index (χ4n) is 3.59. The van der Waals surface area contributed by atoms with Gasteiger partial charge in [-0.15, -0.1) is 11.3 Å². The van der Waals surface area contributed by atoms with Crippen LogP contribution in [0.4, 0.5) is 14.5 Å². The normalized spacial score (nSPS) is 11.5. The number of aromatic nitrogens is 1. The van der Waals surface area contributed by atoms with Crippen LogP contribution >= 0.6 is 11.3 Å². The Kier molecular flexibility index (Phi) is 7.27. The third-order valence-electron chi connectivity index (χ3n) is 5.37. The topological polar surface area (TPSA) is 45.0 Å². The lowest BCUT2D eigenvalue weighted by atomic mass is 10.1. The summed E-state index contributed by atoms with van der Waals surface area (Å²) in [6.45, 7) is 0.585. The summed E-state index contributed by atoms with van der Waals surface area (Å²) in [5.74, 6) is 0.752.